The highest BCUT2D eigenvalue weighted by atomic mass is 35.5. The summed E-state index contributed by atoms with van der Waals surface area (Å²) in [6.07, 6.45) is -4.54. The summed E-state index contributed by atoms with van der Waals surface area (Å²) in [5, 5.41) is 5.38. The van der Waals surface area contributed by atoms with Gasteiger partial charge in [0.2, 0.25) is 0 Å². The van der Waals surface area contributed by atoms with Gasteiger partial charge in [0, 0.05) is 5.69 Å². The second-order valence-electron chi connectivity index (χ2n) is 4.98. The number of methoxy groups -OCH3 is 1. The lowest BCUT2D eigenvalue weighted by atomic mass is 10.2. The molecule has 0 heterocycles. The summed E-state index contributed by atoms with van der Waals surface area (Å²) in [6, 6.07) is 8.95. The fourth-order valence-electron chi connectivity index (χ4n) is 2.02. The smallest absolute Gasteiger partial charge is 0.417 e. The van der Waals surface area contributed by atoms with Gasteiger partial charge in [-0.15, -0.1) is 0 Å². The number of rotatable bonds is 3. The number of aryl methyl sites for hydroxylation is 1. The highest BCUT2D eigenvalue weighted by molar-refractivity contribution is 7.80. The molecule has 2 aromatic rings. The van der Waals surface area contributed by atoms with Gasteiger partial charge < -0.3 is 15.4 Å². The lowest BCUT2D eigenvalue weighted by Gasteiger charge is -2.15. The van der Waals surface area contributed by atoms with Crippen molar-refractivity contribution in [1.82, 2.24) is 0 Å². The summed E-state index contributed by atoms with van der Waals surface area (Å²) in [5.74, 6) is 0.567. The monoisotopic (exact) mass is 374 g/mol. The van der Waals surface area contributed by atoms with Crippen LogP contribution in [0, 0.1) is 6.92 Å². The van der Waals surface area contributed by atoms with E-state index in [2.05, 4.69) is 10.6 Å². The molecule has 0 aromatic heterocycles. The van der Waals surface area contributed by atoms with Gasteiger partial charge in [0.1, 0.15) is 5.75 Å². The third-order valence-electron chi connectivity index (χ3n) is 3.13. The summed E-state index contributed by atoms with van der Waals surface area (Å²) in [7, 11) is 1.52. The maximum atomic E-state index is 12.9. The number of alkyl halides is 3. The third-order valence-corrected chi connectivity index (χ3v) is 3.67. The van der Waals surface area contributed by atoms with Gasteiger partial charge in [-0.25, -0.2) is 0 Å². The molecule has 0 radical (unpaired) electrons. The Hall–Kier alpha value is -1.99. The topological polar surface area (TPSA) is 33.3 Å². The Balaban J connectivity index is 2.18. The molecule has 0 saturated heterocycles. The number of nitrogens with one attached hydrogen (secondary N) is 2. The van der Waals surface area contributed by atoms with Crippen LogP contribution in [0.15, 0.2) is 36.4 Å². The molecule has 0 saturated carbocycles. The number of hydrogen-bond donors (Lipinski definition) is 2. The summed E-state index contributed by atoms with van der Waals surface area (Å²) < 4.78 is 43.9. The van der Waals surface area contributed by atoms with Crippen LogP contribution in [0.2, 0.25) is 5.02 Å². The second-order valence-corrected chi connectivity index (χ2v) is 5.79. The van der Waals surface area contributed by atoms with Crippen LogP contribution in [0.25, 0.3) is 0 Å². The predicted octanol–water partition coefficient (Wildman–Crippen LogP) is 5.48. The number of thiocarbonyl (C=S) groups is 1. The van der Waals surface area contributed by atoms with Gasteiger partial charge in [-0.2, -0.15) is 13.2 Å². The Morgan fingerprint density at radius 2 is 1.83 bits per heavy atom. The lowest BCUT2D eigenvalue weighted by molar-refractivity contribution is -0.137. The van der Waals surface area contributed by atoms with Crippen molar-refractivity contribution in [2.45, 2.75) is 13.1 Å². The average molecular weight is 375 g/mol. The predicted molar refractivity (Wildman–Crippen MR) is 94.0 cm³/mol. The molecule has 0 fully saturated rings. The molecule has 2 rings (SSSR count). The molecule has 0 aliphatic carbocycles. The van der Waals surface area contributed by atoms with E-state index in [1.165, 1.54) is 19.2 Å². The number of benzene rings is 2. The number of hydrogen-bond acceptors (Lipinski definition) is 2. The van der Waals surface area contributed by atoms with E-state index in [1.807, 2.05) is 19.1 Å². The minimum Gasteiger partial charge on any atom is -0.495 e. The van der Waals surface area contributed by atoms with Crippen LogP contribution in [0.1, 0.15) is 11.1 Å². The van der Waals surface area contributed by atoms with Crippen molar-refractivity contribution >= 4 is 40.3 Å². The summed E-state index contributed by atoms with van der Waals surface area (Å²) in [4.78, 5) is 0. The molecule has 2 aromatic carbocycles. The van der Waals surface area contributed by atoms with Crippen molar-refractivity contribution in [3.63, 3.8) is 0 Å². The zero-order valence-electron chi connectivity index (χ0n) is 12.8. The zero-order chi connectivity index (χ0) is 17.9. The molecule has 0 spiro atoms. The first kappa shape index (κ1) is 18.4. The van der Waals surface area contributed by atoms with Crippen LogP contribution in [-0.4, -0.2) is 12.2 Å². The quantitative estimate of drug-likeness (QED) is 0.696. The Kier molecular flexibility index (Phi) is 5.56. The molecule has 2 N–H and O–H groups in total. The summed E-state index contributed by atoms with van der Waals surface area (Å²) >= 11 is 10.7. The van der Waals surface area contributed by atoms with Gasteiger partial charge in [0.25, 0.3) is 0 Å². The fourth-order valence-corrected chi connectivity index (χ4v) is 2.48. The van der Waals surface area contributed by atoms with E-state index in [0.29, 0.717) is 11.4 Å². The largest absolute Gasteiger partial charge is 0.495 e. The molecule has 128 valence electrons. The molecule has 24 heavy (non-hydrogen) atoms. The molecule has 8 heteroatoms. The van der Waals surface area contributed by atoms with Crippen LogP contribution in [0.3, 0.4) is 0 Å². The summed E-state index contributed by atoms with van der Waals surface area (Å²) in [5.41, 5.74) is 0.841. The van der Waals surface area contributed by atoms with Crippen LogP contribution in [-0.2, 0) is 6.18 Å². The van der Waals surface area contributed by atoms with E-state index in [4.69, 9.17) is 28.6 Å². The second kappa shape index (κ2) is 7.27. The Morgan fingerprint density at radius 3 is 2.46 bits per heavy atom. The number of anilines is 2. The van der Waals surface area contributed by atoms with Crippen molar-refractivity contribution in [3.05, 3.63) is 52.5 Å². The van der Waals surface area contributed by atoms with Gasteiger partial charge in [-0.3, -0.25) is 0 Å². The van der Waals surface area contributed by atoms with Crippen molar-refractivity contribution < 1.29 is 17.9 Å². The molecule has 0 unspecified atom stereocenters. The standard InChI is InChI=1S/C16H14ClF3N2OS/c1-9-3-6-14(23-2)13(7-9)22-15(24)21-10-4-5-12(17)11(8-10)16(18,19)20/h3-8H,1-2H3,(H2,21,22,24). The molecule has 0 amide bonds. The summed E-state index contributed by atoms with van der Waals surface area (Å²) in [6.45, 7) is 1.90. The zero-order valence-corrected chi connectivity index (χ0v) is 14.4. The fraction of sp³-hybridized carbons (Fsp3) is 0.188. The van der Waals surface area contributed by atoms with Gasteiger partial charge in [-0.1, -0.05) is 17.7 Å². The lowest BCUT2D eigenvalue weighted by Crippen LogP contribution is -2.20. The minimum absolute atomic E-state index is 0.134. The van der Waals surface area contributed by atoms with Crippen molar-refractivity contribution in [3.8, 4) is 5.75 Å². The number of halogens is 4. The third kappa shape index (κ3) is 4.52. The van der Waals surface area contributed by atoms with Crippen LogP contribution in [0.4, 0.5) is 24.5 Å². The maximum Gasteiger partial charge on any atom is 0.417 e. The first-order valence-corrected chi connectivity index (χ1v) is 7.58. The van der Waals surface area contributed by atoms with Gasteiger partial charge in [-0.05, 0) is 55.0 Å². The SMILES string of the molecule is COc1ccc(C)cc1NC(=S)Nc1ccc(Cl)c(C(F)(F)F)c1. The van der Waals surface area contributed by atoms with Crippen molar-refractivity contribution in [2.24, 2.45) is 0 Å². The molecule has 0 aliphatic rings. The molecule has 0 aliphatic heterocycles. The van der Waals surface area contributed by atoms with E-state index >= 15 is 0 Å². The average Bonchev–Trinajstić information content (AvgIpc) is 2.48. The van der Waals surface area contributed by atoms with Gasteiger partial charge in [0.05, 0.1) is 23.4 Å². The minimum atomic E-state index is -4.54. The van der Waals surface area contributed by atoms with Crippen LogP contribution in [0.5, 0.6) is 5.75 Å². The van der Waals surface area contributed by atoms with Crippen LogP contribution >= 0.6 is 23.8 Å². The van der Waals surface area contributed by atoms with Gasteiger partial charge in [0.15, 0.2) is 5.11 Å². The first-order valence-electron chi connectivity index (χ1n) is 6.80. The maximum absolute atomic E-state index is 12.9. The molecular weight excluding hydrogens is 361 g/mol. The highest BCUT2D eigenvalue weighted by Crippen LogP contribution is 2.36. The highest BCUT2D eigenvalue weighted by Gasteiger charge is 2.33. The van der Waals surface area contributed by atoms with E-state index < -0.39 is 11.7 Å². The van der Waals surface area contributed by atoms with Crippen LogP contribution < -0.4 is 15.4 Å². The van der Waals surface area contributed by atoms with Crippen molar-refractivity contribution in [1.29, 1.82) is 0 Å². The number of ether oxygens (including phenoxy) is 1. The van der Waals surface area contributed by atoms with Gasteiger partial charge >= 0.3 is 6.18 Å². The Morgan fingerprint density at radius 1 is 1.12 bits per heavy atom. The van der Waals surface area contributed by atoms with E-state index in [0.717, 1.165) is 11.6 Å². The molecule has 3 nitrogen and oxygen atoms in total. The molecular formula is C16H14ClF3N2OS. The Labute approximate surface area is 147 Å². The first-order chi connectivity index (χ1) is 11.2. The normalized spacial score (nSPS) is 11.1. The van der Waals surface area contributed by atoms with E-state index in [-0.39, 0.29) is 15.8 Å². The Bertz CT molecular complexity index is 765. The van der Waals surface area contributed by atoms with Crippen molar-refractivity contribution in [2.75, 3.05) is 17.7 Å². The van der Waals surface area contributed by atoms with E-state index in [9.17, 15) is 13.2 Å². The molecule has 0 bridgehead atoms. The van der Waals surface area contributed by atoms with E-state index in [1.54, 1.807) is 6.07 Å². The molecule has 0 atom stereocenters.